The Hall–Kier alpha value is -2.57. The molecule has 0 bridgehead atoms. The molecule has 0 aliphatic heterocycles. The zero-order valence-corrected chi connectivity index (χ0v) is 7.94. The Morgan fingerprint density at radius 3 is 2.40 bits per heavy atom. The molecule has 0 spiro atoms. The highest BCUT2D eigenvalue weighted by Gasteiger charge is 2.08. The Balaban J connectivity index is 3.30. The zero-order valence-electron chi connectivity index (χ0n) is 7.94. The van der Waals surface area contributed by atoms with Crippen molar-refractivity contribution in [2.75, 3.05) is 0 Å². The molecule has 1 rings (SSSR count). The molecule has 0 radical (unpaired) electrons. The highest BCUT2D eigenvalue weighted by Crippen LogP contribution is 2.22. The maximum Gasteiger partial charge on any atom is 0.266 e. The van der Waals surface area contributed by atoms with Crippen molar-refractivity contribution in [3.63, 3.8) is 0 Å². The van der Waals surface area contributed by atoms with Crippen molar-refractivity contribution in [3.05, 3.63) is 53.0 Å². The van der Waals surface area contributed by atoms with E-state index >= 15 is 0 Å². The molecule has 0 aromatic heterocycles. The summed E-state index contributed by atoms with van der Waals surface area (Å²) in [5.74, 6) is 0. The van der Waals surface area contributed by atoms with Gasteiger partial charge in [-0.15, -0.1) is 0 Å². The van der Waals surface area contributed by atoms with Crippen LogP contribution in [0.2, 0.25) is 0 Å². The summed E-state index contributed by atoms with van der Waals surface area (Å²) >= 11 is 0. The molecule has 70 valence electrons. The van der Waals surface area contributed by atoms with Crippen LogP contribution in [0, 0.1) is 29.2 Å². The lowest BCUT2D eigenvalue weighted by molar-refractivity contribution is 1.34. The van der Waals surface area contributed by atoms with Crippen LogP contribution in [0.1, 0.15) is 12.0 Å². The van der Waals surface area contributed by atoms with Gasteiger partial charge in [-0.05, 0) is 11.1 Å². The molecule has 0 fully saturated rings. The summed E-state index contributed by atoms with van der Waals surface area (Å²) in [5, 5.41) is 17.4. The number of allylic oxidation sites excluding steroid dienone is 2. The van der Waals surface area contributed by atoms with Gasteiger partial charge >= 0.3 is 0 Å². The molecule has 3 heteroatoms. The van der Waals surface area contributed by atoms with Gasteiger partial charge in [-0.2, -0.15) is 5.26 Å². The fraction of sp³-hybridized carbons (Fsp3) is 0.0833. The van der Waals surface area contributed by atoms with E-state index in [1.165, 1.54) is 0 Å². The van der Waals surface area contributed by atoms with Gasteiger partial charge in [0.25, 0.3) is 5.70 Å². The Labute approximate surface area is 88.3 Å². The van der Waals surface area contributed by atoms with Crippen LogP contribution in [0.4, 0.5) is 0 Å². The summed E-state index contributed by atoms with van der Waals surface area (Å²) in [6.07, 6.45) is 0.0787. The quantitative estimate of drug-likeness (QED) is 0.535. The van der Waals surface area contributed by atoms with Gasteiger partial charge in [0.2, 0.25) is 0 Å². The highest BCUT2D eigenvalue weighted by atomic mass is 14.7. The van der Waals surface area contributed by atoms with Crippen molar-refractivity contribution in [3.8, 4) is 12.1 Å². The highest BCUT2D eigenvalue weighted by molar-refractivity contribution is 5.74. The zero-order chi connectivity index (χ0) is 11.1. The van der Waals surface area contributed by atoms with E-state index in [1.807, 2.05) is 30.3 Å². The summed E-state index contributed by atoms with van der Waals surface area (Å²) in [6.45, 7) is 6.85. The molecule has 0 unspecified atom stereocenters. The van der Waals surface area contributed by atoms with Gasteiger partial charge in [-0.1, -0.05) is 30.3 Å². The molecule has 1 aromatic carbocycles. The van der Waals surface area contributed by atoms with Crippen LogP contribution in [0.3, 0.4) is 0 Å². The van der Waals surface area contributed by atoms with Crippen molar-refractivity contribution in [2.45, 2.75) is 6.42 Å². The summed E-state index contributed by atoms with van der Waals surface area (Å²) < 4.78 is 0. The number of rotatable bonds is 2. The standard InChI is InChI=1S/C12H7N3/c1-15-12(9-14)11(7-8-13)10-5-3-2-4-6-10/h2-6H,7H2/b12-11-. The third-order valence-corrected chi connectivity index (χ3v) is 1.88. The minimum Gasteiger partial charge on any atom is -0.226 e. The third-order valence-electron chi connectivity index (χ3n) is 1.88. The van der Waals surface area contributed by atoms with E-state index in [1.54, 1.807) is 12.1 Å². The minimum absolute atomic E-state index is 0.0113. The van der Waals surface area contributed by atoms with Gasteiger partial charge in [-0.3, -0.25) is 0 Å². The maximum atomic E-state index is 8.75. The van der Waals surface area contributed by atoms with Crippen LogP contribution in [0.5, 0.6) is 0 Å². The smallest absolute Gasteiger partial charge is 0.226 e. The minimum atomic E-state index is -0.0113. The molecular weight excluding hydrogens is 186 g/mol. The summed E-state index contributed by atoms with van der Waals surface area (Å²) in [5.41, 5.74) is 1.24. The fourth-order valence-corrected chi connectivity index (χ4v) is 1.20. The van der Waals surface area contributed by atoms with E-state index in [2.05, 4.69) is 4.85 Å². The lowest BCUT2D eigenvalue weighted by Gasteiger charge is -2.02. The molecule has 3 nitrogen and oxygen atoms in total. The molecule has 0 N–H and O–H groups in total. The van der Waals surface area contributed by atoms with Crippen molar-refractivity contribution >= 4 is 5.57 Å². The molecule has 0 saturated carbocycles. The van der Waals surface area contributed by atoms with E-state index in [9.17, 15) is 0 Å². The first-order chi connectivity index (χ1) is 7.33. The van der Waals surface area contributed by atoms with Gasteiger partial charge in [0.15, 0.2) is 0 Å². The Bertz CT molecular complexity index is 476. The predicted molar refractivity (Wildman–Crippen MR) is 55.8 cm³/mol. The largest absolute Gasteiger partial charge is 0.266 e. The van der Waals surface area contributed by atoms with Gasteiger partial charge in [0.1, 0.15) is 0 Å². The monoisotopic (exact) mass is 193 g/mol. The second-order valence-electron chi connectivity index (χ2n) is 2.75. The van der Waals surface area contributed by atoms with Crippen molar-refractivity contribution in [1.29, 1.82) is 10.5 Å². The van der Waals surface area contributed by atoms with E-state index in [4.69, 9.17) is 17.1 Å². The van der Waals surface area contributed by atoms with Crippen LogP contribution in [0.15, 0.2) is 36.0 Å². The van der Waals surface area contributed by atoms with E-state index in [0.29, 0.717) is 5.57 Å². The normalized spacial score (nSPS) is 10.5. The first kappa shape index (κ1) is 10.5. The van der Waals surface area contributed by atoms with Crippen LogP contribution < -0.4 is 0 Å². The van der Waals surface area contributed by atoms with Gasteiger partial charge in [0, 0.05) is 0 Å². The lowest BCUT2D eigenvalue weighted by Crippen LogP contribution is -1.86. The maximum absolute atomic E-state index is 8.75. The predicted octanol–water partition coefficient (Wildman–Crippen LogP) is 2.75. The van der Waals surface area contributed by atoms with Gasteiger partial charge < -0.3 is 0 Å². The average Bonchev–Trinajstić information content (AvgIpc) is 2.30. The molecule has 1 aromatic rings. The Morgan fingerprint density at radius 2 is 1.93 bits per heavy atom. The molecule has 0 heterocycles. The third kappa shape index (κ3) is 2.44. The SMILES string of the molecule is [C-]#[N+]/C(C#N)=C(/CC#N)c1ccccc1. The molecule has 0 saturated heterocycles. The van der Waals surface area contributed by atoms with E-state index < -0.39 is 0 Å². The van der Waals surface area contributed by atoms with E-state index in [0.717, 1.165) is 5.56 Å². The molecule has 15 heavy (non-hydrogen) atoms. The van der Waals surface area contributed by atoms with E-state index in [-0.39, 0.29) is 12.1 Å². The van der Waals surface area contributed by atoms with Crippen LogP contribution in [0.25, 0.3) is 10.4 Å². The lowest BCUT2D eigenvalue weighted by atomic mass is 10.0. The Kier molecular flexibility index (Phi) is 3.66. The van der Waals surface area contributed by atoms with Crippen LogP contribution in [-0.2, 0) is 0 Å². The van der Waals surface area contributed by atoms with Crippen molar-refractivity contribution in [1.82, 2.24) is 0 Å². The molecular formula is C12H7N3. The van der Waals surface area contributed by atoms with Crippen molar-refractivity contribution in [2.24, 2.45) is 0 Å². The topological polar surface area (TPSA) is 51.9 Å². The Morgan fingerprint density at radius 1 is 1.27 bits per heavy atom. The summed E-state index contributed by atoms with van der Waals surface area (Å²) in [4.78, 5) is 3.12. The number of hydrogen-bond acceptors (Lipinski definition) is 2. The molecule has 0 atom stereocenters. The van der Waals surface area contributed by atoms with Crippen LogP contribution >= 0.6 is 0 Å². The van der Waals surface area contributed by atoms with Gasteiger partial charge in [0.05, 0.1) is 25.1 Å². The number of hydrogen-bond donors (Lipinski definition) is 0. The van der Waals surface area contributed by atoms with Crippen LogP contribution in [-0.4, -0.2) is 0 Å². The molecule has 0 amide bonds. The van der Waals surface area contributed by atoms with Gasteiger partial charge in [-0.25, -0.2) is 10.1 Å². The van der Waals surface area contributed by atoms with Crippen molar-refractivity contribution < 1.29 is 0 Å². The number of nitriles is 2. The fourth-order valence-electron chi connectivity index (χ4n) is 1.20. The summed E-state index contributed by atoms with van der Waals surface area (Å²) in [7, 11) is 0. The number of benzene rings is 1. The first-order valence-corrected chi connectivity index (χ1v) is 4.26. The average molecular weight is 193 g/mol. The second kappa shape index (κ2) is 5.22. The molecule has 0 aliphatic rings. The molecule has 0 aliphatic carbocycles. The number of nitrogens with zero attached hydrogens (tertiary/aromatic N) is 3. The second-order valence-corrected chi connectivity index (χ2v) is 2.75. The first-order valence-electron chi connectivity index (χ1n) is 4.26. The summed E-state index contributed by atoms with van der Waals surface area (Å²) in [6, 6.07) is 12.8.